The van der Waals surface area contributed by atoms with E-state index in [2.05, 4.69) is 31.9 Å². The Morgan fingerprint density at radius 3 is 1.87 bits per heavy atom. The van der Waals surface area contributed by atoms with Gasteiger partial charge in [0.2, 0.25) is 11.8 Å². The topological polar surface area (TPSA) is 37.4 Å². The zero-order chi connectivity index (χ0) is 11.0. The summed E-state index contributed by atoms with van der Waals surface area (Å²) < 4.78 is 0. The zero-order valence-corrected chi connectivity index (χ0v) is 10.7. The fourth-order valence-electron chi connectivity index (χ4n) is 1.44. The number of imide groups is 1. The Morgan fingerprint density at radius 2 is 1.40 bits per heavy atom. The van der Waals surface area contributed by atoms with Gasteiger partial charge in [-0.2, -0.15) is 0 Å². The highest BCUT2D eigenvalue weighted by atomic mass is 79.9. The fraction of sp³-hybridized carbons (Fsp3) is 0.200. The molecule has 2 atom stereocenters. The van der Waals surface area contributed by atoms with E-state index in [1.807, 2.05) is 6.07 Å². The van der Waals surface area contributed by atoms with E-state index >= 15 is 0 Å². The molecule has 1 aromatic rings. The monoisotopic (exact) mass is 331 g/mol. The molecule has 0 unspecified atom stereocenters. The quantitative estimate of drug-likeness (QED) is 0.583. The van der Waals surface area contributed by atoms with Crippen molar-refractivity contribution in [3.05, 3.63) is 30.3 Å². The number of carbonyl (C=O) groups excluding carboxylic acids is 2. The summed E-state index contributed by atoms with van der Waals surface area (Å²) >= 11 is 6.38. The molecule has 2 amide bonds. The van der Waals surface area contributed by atoms with Crippen molar-refractivity contribution in [2.75, 3.05) is 4.90 Å². The number of amides is 2. The van der Waals surface area contributed by atoms with Gasteiger partial charge in [-0.3, -0.25) is 9.59 Å². The van der Waals surface area contributed by atoms with Crippen LogP contribution < -0.4 is 4.90 Å². The maximum absolute atomic E-state index is 11.8. The molecular weight excluding hydrogens is 326 g/mol. The Morgan fingerprint density at radius 1 is 0.933 bits per heavy atom. The summed E-state index contributed by atoms with van der Waals surface area (Å²) in [6, 6.07) is 8.90. The van der Waals surface area contributed by atoms with E-state index in [0.717, 1.165) is 0 Å². The van der Waals surface area contributed by atoms with Crippen molar-refractivity contribution in [2.24, 2.45) is 0 Å². The largest absolute Gasteiger partial charge is 0.273 e. The Kier molecular flexibility index (Phi) is 2.93. The molecule has 3 nitrogen and oxygen atoms in total. The molecule has 78 valence electrons. The van der Waals surface area contributed by atoms with Crippen LogP contribution in [-0.4, -0.2) is 21.5 Å². The molecule has 1 aliphatic heterocycles. The Bertz CT molecular complexity index is 387. The van der Waals surface area contributed by atoms with Crippen molar-refractivity contribution in [1.29, 1.82) is 0 Å². The second-order valence-electron chi connectivity index (χ2n) is 3.15. The minimum absolute atomic E-state index is 0.229. The third-order valence-corrected chi connectivity index (χ3v) is 4.73. The number of nitrogens with zero attached hydrogens (tertiary/aromatic N) is 1. The van der Waals surface area contributed by atoms with Gasteiger partial charge < -0.3 is 0 Å². The summed E-state index contributed by atoms with van der Waals surface area (Å²) in [5.41, 5.74) is 0.610. The molecule has 0 radical (unpaired) electrons. The lowest BCUT2D eigenvalue weighted by Gasteiger charge is -2.13. The van der Waals surface area contributed by atoms with Crippen molar-refractivity contribution in [2.45, 2.75) is 9.65 Å². The Balaban J connectivity index is 2.39. The third-order valence-electron chi connectivity index (χ3n) is 2.18. The van der Waals surface area contributed by atoms with Crippen molar-refractivity contribution in [3.63, 3.8) is 0 Å². The molecule has 1 aromatic carbocycles. The van der Waals surface area contributed by atoms with Gasteiger partial charge in [0, 0.05) is 0 Å². The van der Waals surface area contributed by atoms with Gasteiger partial charge in [-0.1, -0.05) is 50.1 Å². The summed E-state index contributed by atoms with van der Waals surface area (Å²) in [4.78, 5) is 23.7. The molecule has 0 N–H and O–H groups in total. The first-order valence-corrected chi connectivity index (χ1v) is 6.17. The van der Waals surface area contributed by atoms with Crippen LogP contribution in [0.4, 0.5) is 5.69 Å². The molecule has 5 heteroatoms. The van der Waals surface area contributed by atoms with E-state index in [1.165, 1.54) is 4.90 Å². The number of benzene rings is 1. The SMILES string of the molecule is O=C1[C@@H](Br)[C@@H](Br)C(=O)N1c1ccccc1. The maximum atomic E-state index is 11.8. The summed E-state index contributed by atoms with van der Waals surface area (Å²) in [7, 11) is 0. The van der Waals surface area contributed by atoms with Gasteiger partial charge in [-0.25, -0.2) is 4.90 Å². The highest BCUT2D eigenvalue weighted by Crippen LogP contribution is 2.30. The van der Waals surface area contributed by atoms with E-state index in [4.69, 9.17) is 0 Å². The number of anilines is 1. The number of hydrogen-bond acceptors (Lipinski definition) is 2. The maximum Gasteiger partial charge on any atom is 0.249 e. The molecule has 0 saturated carbocycles. The van der Waals surface area contributed by atoms with Crippen molar-refractivity contribution >= 4 is 49.4 Å². The van der Waals surface area contributed by atoms with Crippen LogP contribution in [0, 0.1) is 0 Å². The number of hydrogen-bond donors (Lipinski definition) is 0. The van der Waals surface area contributed by atoms with Crippen LogP contribution in [0.15, 0.2) is 30.3 Å². The van der Waals surface area contributed by atoms with E-state index in [9.17, 15) is 9.59 Å². The summed E-state index contributed by atoms with van der Waals surface area (Å²) in [5, 5.41) is 0. The summed E-state index contributed by atoms with van der Waals surface area (Å²) in [5.74, 6) is -0.457. The number of para-hydroxylation sites is 1. The minimum Gasteiger partial charge on any atom is -0.273 e. The summed E-state index contributed by atoms with van der Waals surface area (Å²) in [6.07, 6.45) is 0. The van der Waals surface area contributed by atoms with E-state index in [1.54, 1.807) is 24.3 Å². The lowest BCUT2D eigenvalue weighted by Crippen LogP contribution is -2.30. The molecule has 1 heterocycles. The minimum atomic E-state index is -0.481. The number of halogens is 2. The number of carbonyl (C=O) groups is 2. The molecule has 1 saturated heterocycles. The van der Waals surface area contributed by atoms with Crippen molar-refractivity contribution in [3.8, 4) is 0 Å². The Hall–Kier alpha value is -0.680. The molecule has 0 bridgehead atoms. The molecule has 0 aliphatic carbocycles. The van der Waals surface area contributed by atoms with Crippen LogP contribution in [0.1, 0.15) is 0 Å². The van der Waals surface area contributed by atoms with Gasteiger partial charge in [0.15, 0.2) is 0 Å². The van der Waals surface area contributed by atoms with Gasteiger partial charge in [0.05, 0.1) is 5.69 Å². The Labute approximate surface area is 104 Å². The van der Waals surface area contributed by atoms with E-state index in [0.29, 0.717) is 5.69 Å². The molecular formula is C10H7Br2NO2. The zero-order valence-electron chi connectivity index (χ0n) is 7.56. The smallest absolute Gasteiger partial charge is 0.249 e. The van der Waals surface area contributed by atoms with E-state index in [-0.39, 0.29) is 11.8 Å². The lowest BCUT2D eigenvalue weighted by molar-refractivity contribution is -0.121. The van der Waals surface area contributed by atoms with Crippen molar-refractivity contribution < 1.29 is 9.59 Å². The number of alkyl halides is 2. The van der Waals surface area contributed by atoms with Gasteiger partial charge in [-0.05, 0) is 12.1 Å². The van der Waals surface area contributed by atoms with Crippen LogP contribution >= 0.6 is 31.9 Å². The summed E-state index contributed by atoms with van der Waals surface area (Å²) in [6.45, 7) is 0. The molecule has 2 rings (SSSR count). The first-order chi connectivity index (χ1) is 7.13. The highest BCUT2D eigenvalue weighted by molar-refractivity contribution is 9.12. The first kappa shape index (κ1) is 10.8. The molecule has 1 fully saturated rings. The van der Waals surface area contributed by atoms with Gasteiger partial charge in [0.1, 0.15) is 9.65 Å². The average Bonchev–Trinajstić information content (AvgIpc) is 2.45. The molecule has 1 aliphatic rings. The van der Waals surface area contributed by atoms with Crippen LogP contribution in [0.2, 0.25) is 0 Å². The second kappa shape index (κ2) is 4.06. The molecule has 15 heavy (non-hydrogen) atoms. The van der Waals surface area contributed by atoms with Crippen LogP contribution in [-0.2, 0) is 9.59 Å². The van der Waals surface area contributed by atoms with Crippen molar-refractivity contribution in [1.82, 2.24) is 0 Å². The van der Waals surface area contributed by atoms with E-state index < -0.39 is 9.65 Å². The van der Waals surface area contributed by atoms with Gasteiger partial charge >= 0.3 is 0 Å². The standard InChI is InChI=1S/C10H7Br2NO2/c11-7-8(12)10(15)13(9(7)14)6-4-2-1-3-5-6/h1-5,7-8H/t7-,8+. The average molecular weight is 333 g/mol. The number of rotatable bonds is 1. The van der Waals surface area contributed by atoms with Gasteiger partial charge in [0.25, 0.3) is 0 Å². The molecule has 0 spiro atoms. The predicted octanol–water partition coefficient (Wildman–Crippen LogP) is 2.09. The lowest BCUT2D eigenvalue weighted by atomic mass is 10.3. The van der Waals surface area contributed by atoms with Gasteiger partial charge in [-0.15, -0.1) is 0 Å². The third kappa shape index (κ3) is 1.74. The predicted molar refractivity (Wildman–Crippen MR) is 64.4 cm³/mol. The fourth-order valence-corrected chi connectivity index (χ4v) is 2.30. The first-order valence-electron chi connectivity index (χ1n) is 4.34. The second-order valence-corrected chi connectivity index (χ2v) is 5.12. The van der Waals surface area contributed by atoms with Crippen LogP contribution in [0.3, 0.4) is 0 Å². The van der Waals surface area contributed by atoms with Crippen LogP contribution in [0.5, 0.6) is 0 Å². The highest BCUT2D eigenvalue weighted by Gasteiger charge is 2.45. The molecule has 0 aromatic heterocycles. The van der Waals surface area contributed by atoms with Crippen LogP contribution in [0.25, 0.3) is 0 Å². The normalized spacial score (nSPS) is 26.1.